The van der Waals surface area contributed by atoms with E-state index in [1.165, 1.54) is 36.4 Å². The maximum Gasteiger partial charge on any atom is 0.573 e. The van der Waals surface area contributed by atoms with Crippen molar-refractivity contribution in [3.63, 3.8) is 0 Å². The summed E-state index contributed by atoms with van der Waals surface area (Å²) in [7, 11) is -4.27. The van der Waals surface area contributed by atoms with Crippen molar-refractivity contribution in [2.45, 2.75) is 11.3 Å². The Bertz CT molecular complexity index is 778. The minimum atomic E-state index is -5.00. The van der Waals surface area contributed by atoms with Crippen LogP contribution in [0.4, 0.5) is 18.9 Å². The summed E-state index contributed by atoms with van der Waals surface area (Å²) < 4.78 is 67.3. The highest BCUT2D eigenvalue weighted by Crippen LogP contribution is 2.30. The number of ether oxygens (including phenoxy) is 1. The molecule has 0 atom stereocenters. The van der Waals surface area contributed by atoms with Crippen LogP contribution in [-0.4, -0.2) is 14.8 Å². The predicted octanol–water partition coefficient (Wildman–Crippen LogP) is 4.04. The van der Waals surface area contributed by atoms with Gasteiger partial charge < -0.3 is 4.74 Å². The fourth-order valence-electron chi connectivity index (χ4n) is 1.64. The third-order valence-corrected chi connectivity index (χ3v) is 4.10. The van der Waals surface area contributed by atoms with Gasteiger partial charge in [0.25, 0.3) is 10.0 Å². The van der Waals surface area contributed by atoms with Gasteiger partial charge in [0.05, 0.1) is 5.69 Å². The molecule has 0 radical (unpaired) electrons. The minimum absolute atomic E-state index is 0.120. The van der Waals surface area contributed by atoms with Gasteiger partial charge in [-0.15, -0.1) is 13.2 Å². The van der Waals surface area contributed by atoms with E-state index in [1.54, 1.807) is 0 Å². The van der Waals surface area contributed by atoms with Crippen molar-refractivity contribution in [1.29, 1.82) is 0 Å². The highest BCUT2D eigenvalue weighted by Gasteiger charge is 2.34. The third-order valence-electron chi connectivity index (χ3n) is 2.44. The second-order valence-corrected chi connectivity index (χ2v) is 6.20. The molecular formula is C13H9ClF3NO3S. The van der Waals surface area contributed by atoms with E-state index in [1.807, 2.05) is 0 Å². The number of anilines is 1. The van der Waals surface area contributed by atoms with Gasteiger partial charge in [0, 0.05) is 5.02 Å². The second-order valence-electron chi connectivity index (χ2n) is 4.11. The quantitative estimate of drug-likeness (QED) is 0.904. The Labute approximate surface area is 129 Å². The summed E-state index contributed by atoms with van der Waals surface area (Å²) in [6.45, 7) is 0. The van der Waals surface area contributed by atoms with Crippen LogP contribution in [-0.2, 0) is 10.0 Å². The number of benzene rings is 2. The Balaban J connectivity index is 2.38. The first-order chi connectivity index (χ1) is 10.2. The molecule has 22 heavy (non-hydrogen) atoms. The van der Waals surface area contributed by atoms with E-state index in [0.717, 1.165) is 12.1 Å². The van der Waals surface area contributed by atoms with Crippen molar-refractivity contribution in [1.82, 2.24) is 0 Å². The van der Waals surface area contributed by atoms with Crippen molar-refractivity contribution < 1.29 is 26.3 Å². The summed E-state index contributed by atoms with van der Waals surface area (Å²) in [6, 6.07) is 10.2. The van der Waals surface area contributed by atoms with Crippen LogP contribution in [0.5, 0.6) is 5.75 Å². The molecule has 0 spiro atoms. The van der Waals surface area contributed by atoms with Crippen LogP contribution in [0.3, 0.4) is 0 Å². The van der Waals surface area contributed by atoms with Gasteiger partial charge >= 0.3 is 6.36 Å². The zero-order valence-corrected chi connectivity index (χ0v) is 12.3. The van der Waals surface area contributed by atoms with Gasteiger partial charge in [-0.3, -0.25) is 4.72 Å². The summed E-state index contributed by atoms with van der Waals surface area (Å²) >= 11 is 5.73. The number of para-hydroxylation sites is 1. The lowest BCUT2D eigenvalue weighted by molar-refractivity contribution is -0.275. The van der Waals surface area contributed by atoms with E-state index in [2.05, 4.69) is 9.46 Å². The highest BCUT2D eigenvalue weighted by molar-refractivity contribution is 7.92. The molecule has 1 N–H and O–H groups in total. The number of rotatable bonds is 4. The van der Waals surface area contributed by atoms with Gasteiger partial charge in [0.1, 0.15) is 10.6 Å². The Hall–Kier alpha value is -1.93. The summed E-state index contributed by atoms with van der Waals surface area (Å²) in [4.78, 5) is -0.632. The van der Waals surface area contributed by atoms with Crippen LogP contribution in [0.25, 0.3) is 0 Å². The van der Waals surface area contributed by atoms with Gasteiger partial charge in [-0.2, -0.15) is 0 Å². The van der Waals surface area contributed by atoms with E-state index in [9.17, 15) is 21.6 Å². The molecular weight excluding hydrogens is 343 g/mol. The topological polar surface area (TPSA) is 55.4 Å². The fraction of sp³-hybridized carbons (Fsp3) is 0.0769. The first-order valence-corrected chi connectivity index (χ1v) is 7.67. The molecule has 2 aromatic rings. The van der Waals surface area contributed by atoms with Crippen molar-refractivity contribution in [2.24, 2.45) is 0 Å². The van der Waals surface area contributed by atoms with Crippen LogP contribution in [0, 0.1) is 0 Å². The Kier molecular flexibility index (Phi) is 4.52. The van der Waals surface area contributed by atoms with Gasteiger partial charge in [0.2, 0.25) is 0 Å². The molecule has 118 valence electrons. The lowest BCUT2D eigenvalue weighted by Gasteiger charge is -2.14. The van der Waals surface area contributed by atoms with Crippen molar-refractivity contribution in [3.8, 4) is 5.75 Å². The summed E-state index contributed by atoms with van der Waals surface area (Å²) in [5.74, 6) is -0.815. The van der Waals surface area contributed by atoms with Crippen molar-refractivity contribution >= 4 is 27.3 Å². The number of hydrogen-bond donors (Lipinski definition) is 1. The molecule has 4 nitrogen and oxygen atoms in total. The summed E-state index contributed by atoms with van der Waals surface area (Å²) in [5.41, 5.74) is 0.120. The molecule has 2 aromatic carbocycles. The molecule has 0 aromatic heterocycles. The summed E-state index contributed by atoms with van der Waals surface area (Å²) in [5, 5.41) is 0.278. The average molecular weight is 352 g/mol. The molecule has 0 saturated heterocycles. The summed E-state index contributed by atoms with van der Waals surface area (Å²) in [6.07, 6.45) is -5.00. The number of alkyl halides is 3. The van der Waals surface area contributed by atoms with E-state index in [-0.39, 0.29) is 10.7 Å². The van der Waals surface area contributed by atoms with Crippen LogP contribution in [0.2, 0.25) is 5.02 Å². The van der Waals surface area contributed by atoms with Crippen LogP contribution in [0.15, 0.2) is 53.4 Å². The zero-order chi connectivity index (χ0) is 16.4. The van der Waals surface area contributed by atoms with Gasteiger partial charge in [-0.1, -0.05) is 29.8 Å². The molecule has 0 aliphatic carbocycles. The lowest BCUT2D eigenvalue weighted by atomic mass is 10.3. The molecule has 0 heterocycles. The number of hydrogen-bond acceptors (Lipinski definition) is 3. The van der Waals surface area contributed by atoms with Crippen LogP contribution < -0.4 is 9.46 Å². The molecule has 0 unspecified atom stereocenters. The highest BCUT2D eigenvalue weighted by atomic mass is 35.5. The average Bonchev–Trinajstić information content (AvgIpc) is 2.36. The maximum absolute atomic E-state index is 12.3. The Morgan fingerprint density at radius 3 is 2.36 bits per heavy atom. The largest absolute Gasteiger partial charge is 0.573 e. The lowest BCUT2D eigenvalue weighted by Crippen LogP contribution is -2.20. The smallest absolute Gasteiger partial charge is 0.404 e. The minimum Gasteiger partial charge on any atom is -0.404 e. The second kappa shape index (κ2) is 6.05. The van der Waals surface area contributed by atoms with Gasteiger partial charge in [0.15, 0.2) is 0 Å². The molecule has 0 aliphatic rings. The Morgan fingerprint density at radius 2 is 1.73 bits per heavy atom. The monoisotopic (exact) mass is 351 g/mol. The molecule has 9 heteroatoms. The molecule has 0 amide bonds. The number of nitrogens with one attached hydrogen (secondary N) is 1. The molecule has 0 bridgehead atoms. The molecule has 0 aliphatic heterocycles. The van der Waals surface area contributed by atoms with E-state index < -0.39 is 27.0 Å². The van der Waals surface area contributed by atoms with E-state index in [0.29, 0.717) is 0 Å². The fourth-order valence-corrected chi connectivity index (χ4v) is 3.01. The van der Waals surface area contributed by atoms with E-state index in [4.69, 9.17) is 11.6 Å². The van der Waals surface area contributed by atoms with E-state index >= 15 is 0 Å². The van der Waals surface area contributed by atoms with Crippen LogP contribution in [0.1, 0.15) is 0 Å². The van der Waals surface area contributed by atoms with Gasteiger partial charge in [-0.05, 0) is 30.3 Å². The molecule has 2 rings (SSSR count). The SMILES string of the molecule is O=S(=O)(Nc1cccc(Cl)c1)c1ccccc1OC(F)(F)F. The number of halogens is 4. The third kappa shape index (κ3) is 4.28. The first kappa shape index (κ1) is 16.4. The predicted molar refractivity (Wildman–Crippen MR) is 75.4 cm³/mol. The Morgan fingerprint density at radius 1 is 1.05 bits per heavy atom. The molecule has 0 saturated carbocycles. The zero-order valence-electron chi connectivity index (χ0n) is 10.8. The molecule has 0 fully saturated rings. The van der Waals surface area contributed by atoms with Crippen molar-refractivity contribution in [3.05, 3.63) is 53.6 Å². The van der Waals surface area contributed by atoms with Crippen LogP contribution >= 0.6 is 11.6 Å². The maximum atomic E-state index is 12.3. The normalized spacial score (nSPS) is 12.0. The first-order valence-electron chi connectivity index (χ1n) is 5.80. The number of sulfonamides is 1. The standard InChI is InChI=1S/C13H9ClF3NO3S/c14-9-4-3-5-10(8-9)18-22(19,20)12-7-2-1-6-11(12)21-13(15,16)17/h1-8,18H. The van der Waals surface area contributed by atoms with Crippen molar-refractivity contribution in [2.75, 3.05) is 4.72 Å². The van der Waals surface area contributed by atoms with Gasteiger partial charge in [-0.25, -0.2) is 8.42 Å².